The van der Waals surface area contributed by atoms with Crippen LogP contribution < -0.4 is 5.32 Å². The van der Waals surface area contributed by atoms with E-state index in [0.29, 0.717) is 12.0 Å². The number of hydrogen-bond donors (Lipinski definition) is 2. The number of piperidine rings is 1. The molecule has 0 aliphatic carbocycles. The molecule has 2 N–H and O–H groups in total. The number of aromatic nitrogens is 2. The van der Waals surface area contributed by atoms with E-state index in [2.05, 4.69) is 25.8 Å². The standard InChI is InChI=1S/C19H22N4OS2/c1-25-23-9-7-15(8-10-23)21-19-20-12-14-11-16(26-18(14)22-19)17(24)13-5-3-2-4-6-13/h2-6,11-12,15,17,24H,7-10H2,1H3,(H,20,21,22). The van der Waals surface area contributed by atoms with Gasteiger partial charge in [0.25, 0.3) is 0 Å². The number of rotatable bonds is 5. The molecule has 0 radical (unpaired) electrons. The van der Waals surface area contributed by atoms with Gasteiger partial charge in [-0.25, -0.2) is 9.97 Å². The predicted octanol–water partition coefficient (Wildman–Crippen LogP) is 3.93. The van der Waals surface area contributed by atoms with E-state index in [1.54, 1.807) is 0 Å². The Bertz CT molecular complexity index is 862. The molecule has 0 spiro atoms. The van der Waals surface area contributed by atoms with Crippen molar-refractivity contribution in [2.24, 2.45) is 0 Å². The molecule has 0 bridgehead atoms. The Hall–Kier alpha value is -1.67. The van der Waals surface area contributed by atoms with E-state index >= 15 is 0 Å². The van der Waals surface area contributed by atoms with Gasteiger partial charge in [-0.1, -0.05) is 42.3 Å². The number of benzene rings is 1. The summed E-state index contributed by atoms with van der Waals surface area (Å²) in [6.07, 6.45) is 5.56. The lowest BCUT2D eigenvalue weighted by molar-refractivity contribution is 0.224. The monoisotopic (exact) mass is 386 g/mol. The van der Waals surface area contributed by atoms with Gasteiger partial charge >= 0.3 is 0 Å². The lowest BCUT2D eigenvalue weighted by Crippen LogP contribution is -2.35. The quantitative estimate of drug-likeness (QED) is 0.648. The zero-order valence-electron chi connectivity index (χ0n) is 14.6. The second kappa shape index (κ2) is 7.92. The SMILES string of the molecule is CSN1CCC(Nc2ncc3cc(C(O)c4ccccc4)sc3n2)CC1. The molecular weight excluding hydrogens is 364 g/mol. The highest BCUT2D eigenvalue weighted by atomic mass is 32.2. The topological polar surface area (TPSA) is 61.3 Å². The molecule has 4 rings (SSSR count). The van der Waals surface area contributed by atoms with Crippen LogP contribution in [0.2, 0.25) is 0 Å². The fourth-order valence-corrected chi connectivity index (χ4v) is 4.81. The van der Waals surface area contributed by atoms with Crippen LogP contribution in [0, 0.1) is 0 Å². The molecular formula is C19H22N4OS2. The second-order valence-corrected chi connectivity index (χ2v) is 8.39. The van der Waals surface area contributed by atoms with Crippen LogP contribution in [-0.4, -0.2) is 44.8 Å². The fraction of sp³-hybridized carbons (Fsp3) is 0.368. The summed E-state index contributed by atoms with van der Waals surface area (Å²) in [5.74, 6) is 0.683. The number of thiophene rings is 1. The van der Waals surface area contributed by atoms with Crippen molar-refractivity contribution in [2.45, 2.75) is 25.0 Å². The third kappa shape index (κ3) is 3.86. The van der Waals surface area contributed by atoms with Gasteiger partial charge in [-0.2, -0.15) is 0 Å². The summed E-state index contributed by atoms with van der Waals surface area (Å²) in [5, 5.41) is 15.1. The van der Waals surface area contributed by atoms with E-state index < -0.39 is 6.10 Å². The Morgan fingerprint density at radius 2 is 2.04 bits per heavy atom. The maximum absolute atomic E-state index is 10.6. The third-order valence-electron chi connectivity index (χ3n) is 4.72. The van der Waals surface area contributed by atoms with E-state index in [0.717, 1.165) is 46.6 Å². The number of nitrogens with zero attached hydrogens (tertiary/aromatic N) is 3. The van der Waals surface area contributed by atoms with Crippen LogP contribution in [0.25, 0.3) is 10.2 Å². The van der Waals surface area contributed by atoms with Crippen molar-refractivity contribution in [1.82, 2.24) is 14.3 Å². The van der Waals surface area contributed by atoms with Crippen molar-refractivity contribution in [3.63, 3.8) is 0 Å². The van der Waals surface area contributed by atoms with Gasteiger partial charge in [0, 0.05) is 35.6 Å². The number of fused-ring (bicyclic) bond motifs is 1. The summed E-state index contributed by atoms with van der Waals surface area (Å²) in [6.45, 7) is 2.18. The summed E-state index contributed by atoms with van der Waals surface area (Å²) in [6, 6.07) is 12.1. The maximum atomic E-state index is 10.6. The van der Waals surface area contributed by atoms with E-state index in [4.69, 9.17) is 0 Å². The molecule has 2 aromatic heterocycles. The highest BCUT2D eigenvalue weighted by molar-refractivity contribution is 7.96. The van der Waals surface area contributed by atoms with Crippen LogP contribution in [0.4, 0.5) is 5.95 Å². The van der Waals surface area contributed by atoms with E-state index in [-0.39, 0.29) is 0 Å². The Morgan fingerprint density at radius 3 is 2.77 bits per heavy atom. The van der Waals surface area contributed by atoms with Gasteiger partial charge < -0.3 is 10.4 Å². The smallest absolute Gasteiger partial charge is 0.224 e. The lowest BCUT2D eigenvalue weighted by atomic mass is 10.1. The highest BCUT2D eigenvalue weighted by Gasteiger charge is 2.20. The Kier molecular flexibility index (Phi) is 5.40. The second-order valence-electron chi connectivity index (χ2n) is 6.45. The minimum Gasteiger partial charge on any atom is -0.383 e. The Morgan fingerprint density at radius 1 is 1.27 bits per heavy atom. The number of anilines is 1. The van der Waals surface area contributed by atoms with Crippen LogP contribution in [-0.2, 0) is 0 Å². The zero-order valence-corrected chi connectivity index (χ0v) is 16.3. The number of nitrogens with one attached hydrogen (secondary N) is 1. The first kappa shape index (κ1) is 17.7. The summed E-state index contributed by atoms with van der Waals surface area (Å²) < 4.78 is 2.39. The molecule has 1 aliphatic heterocycles. The lowest BCUT2D eigenvalue weighted by Gasteiger charge is -2.30. The van der Waals surface area contributed by atoms with Crippen molar-refractivity contribution in [3.8, 4) is 0 Å². The summed E-state index contributed by atoms with van der Waals surface area (Å²) in [7, 11) is 0. The van der Waals surface area contributed by atoms with Gasteiger partial charge in [0.1, 0.15) is 10.9 Å². The molecule has 3 heterocycles. The number of hydrogen-bond acceptors (Lipinski definition) is 7. The van der Waals surface area contributed by atoms with Crippen LogP contribution >= 0.6 is 23.3 Å². The molecule has 0 amide bonds. The molecule has 3 aromatic rings. The summed E-state index contributed by atoms with van der Waals surface area (Å²) in [4.78, 5) is 10.9. The summed E-state index contributed by atoms with van der Waals surface area (Å²) >= 11 is 3.34. The molecule has 1 aromatic carbocycles. The molecule has 0 saturated carbocycles. The molecule has 7 heteroatoms. The average Bonchev–Trinajstić information content (AvgIpc) is 3.12. The van der Waals surface area contributed by atoms with Crippen molar-refractivity contribution in [1.29, 1.82) is 0 Å². The predicted molar refractivity (Wildman–Crippen MR) is 110 cm³/mol. The number of aliphatic hydroxyl groups excluding tert-OH is 1. The minimum absolute atomic E-state index is 0.421. The van der Waals surface area contributed by atoms with Crippen LogP contribution in [0.15, 0.2) is 42.6 Å². The van der Waals surface area contributed by atoms with Crippen molar-refractivity contribution in [2.75, 3.05) is 24.7 Å². The van der Waals surface area contributed by atoms with Gasteiger partial charge in [-0.05, 0) is 30.7 Å². The van der Waals surface area contributed by atoms with Gasteiger partial charge in [-0.15, -0.1) is 11.3 Å². The average molecular weight is 387 g/mol. The third-order valence-corrected chi connectivity index (χ3v) is 6.70. The van der Waals surface area contributed by atoms with Crippen molar-refractivity contribution >= 4 is 39.4 Å². The van der Waals surface area contributed by atoms with Crippen LogP contribution in [0.1, 0.15) is 29.4 Å². The maximum Gasteiger partial charge on any atom is 0.224 e. The molecule has 1 atom stereocenters. The van der Waals surface area contributed by atoms with E-state index in [9.17, 15) is 5.11 Å². The Labute approximate surface area is 161 Å². The largest absolute Gasteiger partial charge is 0.383 e. The molecule has 1 unspecified atom stereocenters. The first-order valence-corrected chi connectivity index (χ1v) is 10.8. The first-order chi connectivity index (χ1) is 12.7. The van der Waals surface area contributed by atoms with Gasteiger partial charge in [0.2, 0.25) is 5.95 Å². The first-order valence-electron chi connectivity index (χ1n) is 8.78. The molecule has 136 valence electrons. The van der Waals surface area contributed by atoms with Crippen LogP contribution in [0.3, 0.4) is 0 Å². The van der Waals surface area contributed by atoms with E-state index in [1.165, 1.54) is 11.3 Å². The van der Waals surface area contributed by atoms with Gasteiger partial charge in [0.05, 0.1) is 0 Å². The molecule has 5 nitrogen and oxygen atoms in total. The summed E-state index contributed by atoms with van der Waals surface area (Å²) in [5.41, 5.74) is 0.894. The van der Waals surface area contributed by atoms with Gasteiger partial charge in [0.15, 0.2) is 0 Å². The Balaban J connectivity index is 1.49. The van der Waals surface area contributed by atoms with Crippen molar-refractivity contribution < 1.29 is 5.11 Å². The minimum atomic E-state index is -0.623. The fourth-order valence-electron chi connectivity index (χ4n) is 3.22. The zero-order chi connectivity index (χ0) is 17.9. The van der Waals surface area contributed by atoms with Crippen molar-refractivity contribution in [3.05, 3.63) is 53.0 Å². The molecule has 1 fully saturated rings. The van der Waals surface area contributed by atoms with Gasteiger partial charge in [-0.3, -0.25) is 4.31 Å². The number of aliphatic hydroxyl groups is 1. The van der Waals surface area contributed by atoms with E-state index in [1.807, 2.05) is 54.5 Å². The highest BCUT2D eigenvalue weighted by Crippen LogP contribution is 2.32. The molecule has 1 aliphatic rings. The molecule has 26 heavy (non-hydrogen) atoms. The normalized spacial score (nSPS) is 17.5. The van der Waals surface area contributed by atoms with Crippen LogP contribution in [0.5, 0.6) is 0 Å². The molecule has 1 saturated heterocycles.